The molecule has 2 rings (SSSR count). The molecule has 0 aromatic carbocycles. The third-order valence-electron chi connectivity index (χ3n) is 3.25. The zero-order valence-electron chi connectivity index (χ0n) is 8.53. The smallest absolute Gasteiger partial charge is 0.252 e. The Bertz CT molecular complexity index is 236. The van der Waals surface area contributed by atoms with Crippen molar-refractivity contribution >= 4 is 5.91 Å². The second-order valence-electron chi connectivity index (χ2n) is 4.58. The Kier molecular flexibility index (Phi) is 2.49. The van der Waals surface area contributed by atoms with E-state index in [2.05, 4.69) is 0 Å². The molecular formula is C10H17NO3. The molecule has 0 spiro atoms. The summed E-state index contributed by atoms with van der Waals surface area (Å²) < 4.78 is 0. The highest BCUT2D eigenvalue weighted by Gasteiger charge is 2.41. The van der Waals surface area contributed by atoms with Crippen LogP contribution in [0.4, 0.5) is 0 Å². The Morgan fingerprint density at radius 2 is 2.14 bits per heavy atom. The number of carbonyl (C=O) groups is 1. The summed E-state index contributed by atoms with van der Waals surface area (Å²) >= 11 is 0. The number of carbonyl (C=O) groups excluding carboxylic acids is 1. The van der Waals surface area contributed by atoms with Crippen LogP contribution in [0.3, 0.4) is 0 Å². The molecule has 1 amide bonds. The summed E-state index contributed by atoms with van der Waals surface area (Å²) in [5.74, 6) is 0.0477. The summed E-state index contributed by atoms with van der Waals surface area (Å²) in [6.45, 7) is 2.58. The summed E-state index contributed by atoms with van der Waals surface area (Å²) in [6, 6.07) is 0. The first-order valence-corrected chi connectivity index (χ1v) is 5.25. The van der Waals surface area contributed by atoms with Crippen LogP contribution in [0.25, 0.3) is 0 Å². The normalized spacial score (nSPS) is 31.0. The number of aliphatic hydroxyl groups is 1. The van der Waals surface area contributed by atoms with Crippen molar-refractivity contribution in [1.82, 2.24) is 5.06 Å². The fraction of sp³-hybridized carbons (Fsp3) is 0.900. The van der Waals surface area contributed by atoms with Gasteiger partial charge in [-0.2, -0.15) is 0 Å². The van der Waals surface area contributed by atoms with Gasteiger partial charge in [-0.3, -0.25) is 9.63 Å². The summed E-state index contributed by atoms with van der Waals surface area (Å²) in [5.41, 5.74) is -0.246. The highest BCUT2D eigenvalue weighted by molar-refractivity contribution is 5.81. The van der Waals surface area contributed by atoms with Crippen LogP contribution in [-0.4, -0.2) is 35.3 Å². The lowest BCUT2D eigenvalue weighted by Gasteiger charge is -2.26. The Morgan fingerprint density at radius 3 is 2.64 bits per heavy atom. The number of amides is 1. The fourth-order valence-electron chi connectivity index (χ4n) is 2.28. The van der Waals surface area contributed by atoms with Gasteiger partial charge in [0.2, 0.25) is 0 Å². The number of hydrogen-bond acceptors (Lipinski definition) is 3. The Morgan fingerprint density at radius 1 is 1.50 bits per heavy atom. The lowest BCUT2D eigenvalue weighted by molar-refractivity contribution is -0.179. The standard InChI is InChI=1S/C10H17NO3/c1-10(4-2-3-5-10)9(13)11-6-8(12)7-14-11/h8,12H,2-7H2,1H3. The molecule has 1 aliphatic heterocycles. The van der Waals surface area contributed by atoms with Crippen LogP contribution in [0.1, 0.15) is 32.6 Å². The number of β-amino-alcohol motifs (C(OH)–C–C–N with tert-alkyl or cyclic N) is 1. The fourth-order valence-corrected chi connectivity index (χ4v) is 2.28. The second kappa shape index (κ2) is 3.51. The molecule has 1 aliphatic carbocycles. The number of rotatable bonds is 1. The van der Waals surface area contributed by atoms with Gasteiger partial charge in [0.25, 0.3) is 5.91 Å². The predicted molar refractivity (Wildman–Crippen MR) is 50.2 cm³/mol. The van der Waals surface area contributed by atoms with Crippen LogP contribution < -0.4 is 0 Å². The van der Waals surface area contributed by atoms with Crippen molar-refractivity contribution in [3.63, 3.8) is 0 Å². The van der Waals surface area contributed by atoms with Crippen molar-refractivity contribution in [3.05, 3.63) is 0 Å². The molecule has 4 nitrogen and oxygen atoms in total. The quantitative estimate of drug-likeness (QED) is 0.676. The van der Waals surface area contributed by atoms with E-state index in [4.69, 9.17) is 4.84 Å². The number of hydrogen-bond donors (Lipinski definition) is 1. The molecule has 0 radical (unpaired) electrons. The first-order chi connectivity index (χ1) is 6.62. The predicted octanol–water partition coefficient (Wildman–Crippen LogP) is 0.701. The maximum Gasteiger partial charge on any atom is 0.252 e. The van der Waals surface area contributed by atoms with Crippen molar-refractivity contribution in [3.8, 4) is 0 Å². The van der Waals surface area contributed by atoms with Gasteiger partial charge < -0.3 is 5.11 Å². The summed E-state index contributed by atoms with van der Waals surface area (Å²) in [6.07, 6.45) is 3.63. The second-order valence-corrected chi connectivity index (χ2v) is 4.58. The van der Waals surface area contributed by atoms with E-state index >= 15 is 0 Å². The average Bonchev–Trinajstić information content (AvgIpc) is 2.74. The molecule has 1 saturated carbocycles. The number of aliphatic hydroxyl groups excluding tert-OH is 1. The van der Waals surface area contributed by atoms with Gasteiger partial charge in [0, 0.05) is 5.41 Å². The number of hydroxylamine groups is 2. The van der Waals surface area contributed by atoms with Crippen LogP contribution in [0.15, 0.2) is 0 Å². The van der Waals surface area contributed by atoms with Crippen LogP contribution in [-0.2, 0) is 9.63 Å². The summed E-state index contributed by atoms with van der Waals surface area (Å²) in [4.78, 5) is 17.1. The molecule has 1 saturated heterocycles. The monoisotopic (exact) mass is 199 g/mol. The Balaban J connectivity index is 2.00. The van der Waals surface area contributed by atoms with Gasteiger partial charge >= 0.3 is 0 Å². The van der Waals surface area contributed by atoms with Crippen molar-refractivity contribution in [2.75, 3.05) is 13.2 Å². The minimum absolute atomic E-state index is 0.0477. The first-order valence-electron chi connectivity index (χ1n) is 5.25. The molecule has 0 aromatic heterocycles. The maximum absolute atomic E-state index is 12.0. The van der Waals surface area contributed by atoms with Crippen LogP contribution >= 0.6 is 0 Å². The molecular weight excluding hydrogens is 182 g/mol. The molecule has 14 heavy (non-hydrogen) atoms. The van der Waals surface area contributed by atoms with Crippen molar-refractivity contribution < 1.29 is 14.7 Å². The molecule has 2 fully saturated rings. The highest BCUT2D eigenvalue weighted by atomic mass is 16.7. The SMILES string of the molecule is CC1(C(=O)N2CC(O)CO2)CCCC1. The van der Waals surface area contributed by atoms with E-state index < -0.39 is 6.10 Å². The molecule has 1 N–H and O–H groups in total. The zero-order chi connectivity index (χ0) is 10.2. The molecule has 1 unspecified atom stereocenters. The van der Waals surface area contributed by atoms with Gasteiger partial charge in [-0.1, -0.05) is 19.8 Å². The lowest BCUT2D eigenvalue weighted by atomic mass is 9.88. The topological polar surface area (TPSA) is 49.8 Å². The molecule has 4 heteroatoms. The van der Waals surface area contributed by atoms with E-state index in [0.717, 1.165) is 25.7 Å². The van der Waals surface area contributed by atoms with E-state index in [9.17, 15) is 9.90 Å². The minimum Gasteiger partial charge on any atom is -0.389 e. The van der Waals surface area contributed by atoms with Gasteiger partial charge in [0.15, 0.2) is 0 Å². The van der Waals surface area contributed by atoms with Gasteiger partial charge in [-0.15, -0.1) is 0 Å². The van der Waals surface area contributed by atoms with Gasteiger partial charge in [-0.25, -0.2) is 5.06 Å². The first kappa shape index (κ1) is 9.93. The van der Waals surface area contributed by atoms with E-state index in [-0.39, 0.29) is 17.9 Å². The molecule has 1 atom stereocenters. The summed E-state index contributed by atoms with van der Waals surface area (Å²) in [7, 11) is 0. The van der Waals surface area contributed by atoms with Crippen molar-refractivity contribution in [2.45, 2.75) is 38.7 Å². The highest BCUT2D eigenvalue weighted by Crippen LogP contribution is 2.39. The van der Waals surface area contributed by atoms with E-state index in [1.54, 1.807) is 0 Å². The van der Waals surface area contributed by atoms with Gasteiger partial charge in [-0.05, 0) is 12.8 Å². The Labute approximate surface area is 83.8 Å². The average molecular weight is 199 g/mol. The third kappa shape index (κ3) is 1.64. The minimum atomic E-state index is -0.510. The van der Waals surface area contributed by atoms with Crippen LogP contribution in [0.5, 0.6) is 0 Å². The van der Waals surface area contributed by atoms with E-state index in [1.807, 2.05) is 6.92 Å². The molecule has 0 bridgehead atoms. The van der Waals surface area contributed by atoms with Crippen LogP contribution in [0.2, 0.25) is 0 Å². The number of nitrogens with zero attached hydrogens (tertiary/aromatic N) is 1. The Hall–Kier alpha value is -0.610. The van der Waals surface area contributed by atoms with Crippen LogP contribution in [0, 0.1) is 5.41 Å². The summed E-state index contributed by atoms with van der Waals surface area (Å²) in [5, 5.41) is 10.6. The van der Waals surface area contributed by atoms with Gasteiger partial charge in [0.05, 0.1) is 12.6 Å². The largest absolute Gasteiger partial charge is 0.389 e. The van der Waals surface area contributed by atoms with Crippen molar-refractivity contribution in [2.24, 2.45) is 5.41 Å². The van der Waals surface area contributed by atoms with Crippen molar-refractivity contribution in [1.29, 1.82) is 0 Å². The molecule has 0 aromatic rings. The van der Waals surface area contributed by atoms with E-state index in [1.165, 1.54) is 5.06 Å². The maximum atomic E-state index is 12.0. The van der Waals surface area contributed by atoms with E-state index in [0.29, 0.717) is 6.54 Å². The molecule has 1 heterocycles. The van der Waals surface area contributed by atoms with Gasteiger partial charge in [0.1, 0.15) is 6.61 Å². The molecule has 2 aliphatic rings. The third-order valence-corrected chi connectivity index (χ3v) is 3.25. The molecule has 80 valence electrons. The zero-order valence-corrected chi connectivity index (χ0v) is 8.53. The lowest BCUT2D eigenvalue weighted by Crippen LogP contribution is -2.39.